The molecule has 0 aromatic rings. The highest BCUT2D eigenvalue weighted by atomic mass is 32.2. The van der Waals surface area contributed by atoms with Gasteiger partial charge in [0.25, 0.3) is 0 Å². The second-order valence-electron chi connectivity index (χ2n) is 5.33. The van der Waals surface area contributed by atoms with Crippen molar-refractivity contribution in [3.63, 3.8) is 0 Å². The van der Waals surface area contributed by atoms with Gasteiger partial charge in [-0.3, -0.25) is 0 Å². The Morgan fingerprint density at radius 3 is 2.29 bits per heavy atom. The van der Waals surface area contributed by atoms with E-state index < -0.39 is 10.0 Å². The minimum atomic E-state index is -3.07. The Hall–Kier alpha value is -0.570. The Balaban J connectivity index is 1.67. The van der Waals surface area contributed by atoms with E-state index in [1.807, 2.05) is 0 Å². The maximum Gasteiger partial charge on any atom is 0.217 e. The van der Waals surface area contributed by atoms with E-state index in [4.69, 9.17) is 6.42 Å². The van der Waals surface area contributed by atoms with E-state index in [0.717, 1.165) is 25.9 Å². The van der Waals surface area contributed by atoms with Gasteiger partial charge in [0.2, 0.25) is 10.0 Å². The maximum absolute atomic E-state index is 12.4. The Labute approximate surface area is 103 Å². The quantitative estimate of drug-likeness (QED) is 0.699. The van der Waals surface area contributed by atoms with Gasteiger partial charge in [0.15, 0.2) is 0 Å². The molecule has 0 aromatic heterocycles. The molecule has 2 saturated heterocycles. The number of sulfonamides is 1. The molecule has 5 heteroatoms. The lowest BCUT2D eigenvalue weighted by atomic mass is 10.2. The van der Waals surface area contributed by atoms with Crippen LogP contribution in [0.15, 0.2) is 0 Å². The first-order valence-corrected chi connectivity index (χ1v) is 7.80. The molecular formula is C12H18N2O2S. The van der Waals surface area contributed by atoms with Gasteiger partial charge >= 0.3 is 0 Å². The van der Waals surface area contributed by atoms with Gasteiger partial charge < -0.3 is 5.32 Å². The first kappa shape index (κ1) is 11.5. The molecule has 3 fully saturated rings. The topological polar surface area (TPSA) is 49.4 Å². The fraction of sp³-hybridized carbons (Fsp3) is 0.833. The Bertz CT molecular complexity index is 436. The number of hydrogen-bond donors (Lipinski definition) is 1. The van der Waals surface area contributed by atoms with Gasteiger partial charge in [0.05, 0.1) is 5.25 Å². The fourth-order valence-electron chi connectivity index (χ4n) is 3.25. The molecule has 2 aliphatic heterocycles. The van der Waals surface area contributed by atoms with Gasteiger partial charge in [0.1, 0.15) is 0 Å². The summed E-state index contributed by atoms with van der Waals surface area (Å²) in [5.41, 5.74) is 0. The summed E-state index contributed by atoms with van der Waals surface area (Å²) in [4.78, 5) is 0. The first-order chi connectivity index (χ1) is 8.14. The van der Waals surface area contributed by atoms with Crippen molar-refractivity contribution in [2.24, 2.45) is 17.8 Å². The third kappa shape index (κ3) is 1.79. The summed E-state index contributed by atoms with van der Waals surface area (Å²) in [6.45, 7) is 2.95. The average molecular weight is 254 g/mol. The number of rotatable bonds is 2. The van der Waals surface area contributed by atoms with Crippen molar-refractivity contribution in [3.05, 3.63) is 0 Å². The molecule has 4 nitrogen and oxygen atoms in total. The molecule has 0 radical (unpaired) electrons. The van der Waals surface area contributed by atoms with E-state index in [2.05, 4.69) is 11.2 Å². The second kappa shape index (κ2) is 3.98. The van der Waals surface area contributed by atoms with Crippen LogP contribution in [0.4, 0.5) is 0 Å². The van der Waals surface area contributed by atoms with Gasteiger partial charge in [0, 0.05) is 19.0 Å². The molecule has 0 spiro atoms. The minimum absolute atomic E-state index is 0.175. The highest BCUT2D eigenvalue weighted by molar-refractivity contribution is 7.89. The van der Waals surface area contributed by atoms with Crippen molar-refractivity contribution in [2.75, 3.05) is 26.2 Å². The lowest BCUT2D eigenvalue weighted by Crippen LogP contribution is -2.44. The molecule has 17 heavy (non-hydrogen) atoms. The molecule has 0 amide bonds. The normalized spacial score (nSPS) is 38.6. The number of piperidine rings is 2. The van der Waals surface area contributed by atoms with Gasteiger partial charge in [-0.2, -0.15) is 0 Å². The van der Waals surface area contributed by atoms with Crippen molar-refractivity contribution >= 4 is 10.0 Å². The summed E-state index contributed by atoms with van der Waals surface area (Å²) in [6, 6.07) is 0. The zero-order valence-corrected chi connectivity index (χ0v) is 10.6. The largest absolute Gasteiger partial charge is 0.317 e. The molecule has 0 bridgehead atoms. The SMILES string of the molecule is C#CC1[C@H]2CN(S(=O)(=O)C3CCNCC3)C[C@@H]12. The van der Waals surface area contributed by atoms with Gasteiger partial charge in [-0.1, -0.05) is 0 Å². The fourth-order valence-corrected chi connectivity index (χ4v) is 5.26. The number of nitrogens with one attached hydrogen (secondary N) is 1. The third-order valence-electron chi connectivity index (χ3n) is 4.42. The zero-order chi connectivity index (χ0) is 12.0. The standard InChI is InChI=1S/C12H18N2O2S/c1-2-10-11-7-14(8-12(10)11)17(15,16)9-3-5-13-6-4-9/h1,9-13H,3-8H2/t10?,11-,12+. The van der Waals surface area contributed by atoms with Crippen LogP contribution in [0.2, 0.25) is 0 Å². The number of terminal acetylenes is 1. The van der Waals surface area contributed by atoms with E-state index in [1.54, 1.807) is 4.31 Å². The molecule has 3 aliphatic rings. The monoisotopic (exact) mass is 254 g/mol. The molecule has 2 heterocycles. The first-order valence-electron chi connectivity index (χ1n) is 6.30. The second-order valence-corrected chi connectivity index (χ2v) is 7.54. The van der Waals surface area contributed by atoms with Gasteiger partial charge in [-0.05, 0) is 37.8 Å². The maximum atomic E-state index is 12.4. The summed E-state index contributed by atoms with van der Waals surface area (Å²) in [7, 11) is -3.07. The van der Waals surface area contributed by atoms with Crippen LogP contribution in [-0.2, 0) is 10.0 Å². The molecule has 1 unspecified atom stereocenters. The van der Waals surface area contributed by atoms with Gasteiger partial charge in [-0.15, -0.1) is 12.3 Å². The third-order valence-corrected chi connectivity index (χ3v) is 6.75. The predicted octanol–water partition coefficient (Wildman–Crippen LogP) is -0.121. The number of hydrogen-bond acceptors (Lipinski definition) is 3. The van der Waals surface area contributed by atoms with Crippen LogP contribution in [0.25, 0.3) is 0 Å². The molecule has 1 saturated carbocycles. The zero-order valence-electron chi connectivity index (χ0n) is 9.80. The van der Waals surface area contributed by atoms with E-state index >= 15 is 0 Å². The molecule has 1 N–H and O–H groups in total. The van der Waals surface area contributed by atoms with Crippen LogP contribution in [0, 0.1) is 30.1 Å². The summed E-state index contributed by atoms with van der Waals surface area (Å²) in [6.07, 6.45) is 6.88. The average Bonchev–Trinajstić information content (AvgIpc) is 2.81. The molecular weight excluding hydrogens is 236 g/mol. The molecule has 3 atom stereocenters. The van der Waals surface area contributed by atoms with E-state index in [0.29, 0.717) is 30.8 Å². The Morgan fingerprint density at radius 1 is 1.18 bits per heavy atom. The van der Waals surface area contributed by atoms with Crippen molar-refractivity contribution in [3.8, 4) is 12.3 Å². The van der Waals surface area contributed by atoms with Crippen LogP contribution in [0.3, 0.4) is 0 Å². The summed E-state index contributed by atoms with van der Waals surface area (Å²) < 4.78 is 26.5. The molecule has 0 aromatic carbocycles. The van der Waals surface area contributed by atoms with E-state index in [9.17, 15) is 8.42 Å². The predicted molar refractivity (Wildman–Crippen MR) is 65.7 cm³/mol. The van der Waals surface area contributed by atoms with Crippen LogP contribution < -0.4 is 5.32 Å². The van der Waals surface area contributed by atoms with E-state index in [1.165, 1.54) is 0 Å². The smallest absolute Gasteiger partial charge is 0.217 e. The van der Waals surface area contributed by atoms with Crippen molar-refractivity contribution < 1.29 is 8.42 Å². The molecule has 94 valence electrons. The Morgan fingerprint density at radius 2 is 1.76 bits per heavy atom. The lowest BCUT2D eigenvalue weighted by molar-refractivity contribution is 0.404. The van der Waals surface area contributed by atoms with Crippen molar-refractivity contribution in [1.29, 1.82) is 0 Å². The lowest BCUT2D eigenvalue weighted by Gasteiger charge is -2.28. The van der Waals surface area contributed by atoms with Crippen LogP contribution >= 0.6 is 0 Å². The molecule has 3 rings (SSSR count). The summed E-state index contributed by atoms with van der Waals surface area (Å²) >= 11 is 0. The summed E-state index contributed by atoms with van der Waals surface area (Å²) in [5, 5.41) is 3.03. The van der Waals surface area contributed by atoms with Crippen molar-refractivity contribution in [2.45, 2.75) is 18.1 Å². The van der Waals surface area contributed by atoms with Crippen LogP contribution in [0.1, 0.15) is 12.8 Å². The minimum Gasteiger partial charge on any atom is -0.317 e. The highest BCUT2D eigenvalue weighted by Crippen LogP contribution is 2.52. The summed E-state index contributed by atoms with van der Waals surface area (Å²) in [5.74, 6) is 3.99. The number of fused-ring (bicyclic) bond motifs is 1. The van der Waals surface area contributed by atoms with Crippen LogP contribution in [0.5, 0.6) is 0 Å². The van der Waals surface area contributed by atoms with Gasteiger partial charge in [-0.25, -0.2) is 12.7 Å². The highest BCUT2D eigenvalue weighted by Gasteiger charge is 2.57. The molecule has 1 aliphatic carbocycles. The van der Waals surface area contributed by atoms with E-state index in [-0.39, 0.29) is 5.25 Å². The van der Waals surface area contributed by atoms with Crippen LogP contribution in [-0.4, -0.2) is 44.2 Å². The Kier molecular flexibility index (Phi) is 2.69. The number of nitrogens with zero attached hydrogens (tertiary/aromatic N) is 1. The van der Waals surface area contributed by atoms with Crippen molar-refractivity contribution in [1.82, 2.24) is 9.62 Å².